The molecule has 5 nitrogen and oxygen atoms in total. The van der Waals surface area contributed by atoms with Gasteiger partial charge < -0.3 is 10.4 Å². The highest BCUT2D eigenvalue weighted by Crippen LogP contribution is 2.16. The number of benzene rings is 1. The van der Waals surface area contributed by atoms with E-state index >= 15 is 0 Å². The van der Waals surface area contributed by atoms with Crippen LogP contribution in [-0.2, 0) is 10.0 Å². The largest absolute Gasteiger partial charge is 0.391 e. The third kappa shape index (κ3) is 4.19. The van der Waals surface area contributed by atoms with Crippen LogP contribution < -0.4 is 5.32 Å². The monoisotopic (exact) mass is 286 g/mol. The Kier molecular flexibility index (Phi) is 5.34. The van der Waals surface area contributed by atoms with Gasteiger partial charge in [0.1, 0.15) is 0 Å². The average molecular weight is 286 g/mol. The van der Waals surface area contributed by atoms with E-state index in [9.17, 15) is 13.5 Å². The molecule has 0 aliphatic carbocycles. The van der Waals surface area contributed by atoms with Crippen LogP contribution in [0.25, 0.3) is 0 Å². The number of anilines is 1. The predicted molar refractivity (Wildman–Crippen MR) is 76.6 cm³/mol. The molecule has 2 N–H and O–H groups in total. The summed E-state index contributed by atoms with van der Waals surface area (Å²) in [5, 5.41) is 12.8. The van der Waals surface area contributed by atoms with E-state index in [-0.39, 0.29) is 10.8 Å². The van der Waals surface area contributed by atoms with E-state index in [1.54, 1.807) is 24.3 Å². The van der Waals surface area contributed by atoms with Gasteiger partial charge in [-0.1, -0.05) is 13.8 Å². The van der Waals surface area contributed by atoms with Crippen LogP contribution in [0.5, 0.6) is 0 Å². The van der Waals surface area contributed by atoms with E-state index in [4.69, 9.17) is 0 Å². The van der Waals surface area contributed by atoms with E-state index < -0.39 is 16.1 Å². The summed E-state index contributed by atoms with van der Waals surface area (Å²) in [5.74, 6) is 0.181. The van der Waals surface area contributed by atoms with Crippen molar-refractivity contribution >= 4 is 15.7 Å². The molecule has 1 unspecified atom stereocenters. The smallest absolute Gasteiger partial charge is 0.242 e. The Morgan fingerprint density at radius 1 is 1.21 bits per heavy atom. The molecule has 0 radical (unpaired) electrons. The number of nitrogens with one attached hydrogen (secondary N) is 1. The van der Waals surface area contributed by atoms with Crippen LogP contribution in [0.15, 0.2) is 29.2 Å². The highest BCUT2D eigenvalue weighted by atomic mass is 32.2. The molecular formula is C13H22N2O3S. The van der Waals surface area contributed by atoms with Crippen LogP contribution in [0, 0.1) is 5.92 Å². The molecule has 0 aliphatic rings. The Labute approximate surface area is 115 Å². The molecule has 0 amide bonds. The Bertz CT molecular complexity index is 495. The van der Waals surface area contributed by atoms with Gasteiger partial charge in [-0.05, 0) is 30.2 Å². The first-order valence-corrected chi connectivity index (χ1v) is 7.63. The van der Waals surface area contributed by atoms with Gasteiger partial charge >= 0.3 is 0 Å². The number of nitrogens with zero attached hydrogens (tertiary/aromatic N) is 1. The Hall–Kier alpha value is -1.11. The number of sulfonamides is 1. The maximum atomic E-state index is 11.9. The fraction of sp³-hybridized carbons (Fsp3) is 0.538. The lowest BCUT2D eigenvalue weighted by atomic mass is 10.1. The van der Waals surface area contributed by atoms with Crippen molar-refractivity contribution in [3.05, 3.63) is 24.3 Å². The van der Waals surface area contributed by atoms with E-state index in [2.05, 4.69) is 5.32 Å². The van der Waals surface area contributed by atoms with E-state index in [1.807, 2.05) is 13.8 Å². The number of rotatable bonds is 6. The minimum atomic E-state index is -3.38. The zero-order valence-corrected chi connectivity index (χ0v) is 12.6. The summed E-state index contributed by atoms with van der Waals surface area (Å²) in [7, 11) is -0.381. The van der Waals surface area contributed by atoms with Crippen LogP contribution >= 0.6 is 0 Å². The lowest BCUT2D eigenvalue weighted by Gasteiger charge is -2.16. The highest BCUT2D eigenvalue weighted by molar-refractivity contribution is 7.89. The van der Waals surface area contributed by atoms with Crippen molar-refractivity contribution in [2.24, 2.45) is 5.92 Å². The number of aliphatic hydroxyl groups excluding tert-OH is 1. The van der Waals surface area contributed by atoms with Gasteiger partial charge in [0.2, 0.25) is 10.0 Å². The van der Waals surface area contributed by atoms with E-state index in [0.29, 0.717) is 6.54 Å². The molecule has 0 fully saturated rings. The summed E-state index contributed by atoms with van der Waals surface area (Å²) in [4.78, 5) is 0.257. The molecule has 1 atom stereocenters. The molecule has 0 bridgehead atoms. The molecule has 0 heterocycles. The molecule has 1 aromatic carbocycles. The standard InChI is InChI=1S/C13H22N2O3S/c1-10(2)13(16)9-14-11-5-7-12(8-6-11)19(17,18)15(3)4/h5-8,10,13-14,16H,9H2,1-4H3. The molecule has 0 spiro atoms. The third-order valence-electron chi connectivity index (χ3n) is 2.92. The topological polar surface area (TPSA) is 69.6 Å². The predicted octanol–water partition coefficient (Wildman–Crippen LogP) is 1.37. The van der Waals surface area contributed by atoms with Gasteiger partial charge in [0.25, 0.3) is 0 Å². The first kappa shape index (κ1) is 15.9. The van der Waals surface area contributed by atoms with Crippen LogP contribution in [0.4, 0.5) is 5.69 Å². The van der Waals surface area contributed by atoms with Crippen molar-refractivity contribution in [2.75, 3.05) is 26.0 Å². The Balaban J connectivity index is 2.73. The molecule has 6 heteroatoms. The van der Waals surface area contributed by atoms with Crippen LogP contribution in [0.1, 0.15) is 13.8 Å². The zero-order chi connectivity index (χ0) is 14.6. The molecule has 1 aromatic rings. The summed E-state index contributed by atoms with van der Waals surface area (Å²) in [6.45, 7) is 4.33. The lowest BCUT2D eigenvalue weighted by Crippen LogP contribution is -2.25. The van der Waals surface area contributed by atoms with Gasteiger partial charge in [-0.15, -0.1) is 0 Å². The second-order valence-electron chi connectivity index (χ2n) is 5.00. The SMILES string of the molecule is CC(C)C(O)CNc1ccc(S(=O)(=O)N(C)C)cc1. The number of hydrogen-bond donors (Lipinski definition) is 2. The van der Waals surface area contributed by atoms with Crippen molar-refractivity contribution in [1.29, 1.82) is 0 Å². The third-order valence-corrected chi connectivity index (χ3v) is 4.75. The summed E-state index contributed by atoms with van der Waals surface area (Å²) in [5.41, 5.74) is 0.789. The molecular weight excluding hydrogens is 264 g/mol. The van der Waals surface area contributed by atoms with Crippen molar-refractivity contribution in [2.45, 2.75) is 24.8 Å². The molecule has 0 saturated carbocycles. The fourth-order valence-electron chi connectivity index (χ4n) is 1.41. The van der Waals surface area contributed by atoms with Gasteiger partial charge in [-0.3, -0.25) is 0 Å². The van der Waals surface area contributed by atoms with Crippen molar-refractivity contribution in [3.63, 3.8) is 0 Å². The lowest BCUT2D eigenvalue weighted by molar-refractivity contribution is 0.138. The first-order chi connectivity index (χ1) is 8.75. The first-order valence-electron chi connectivity index (χ1n) is 6.19. The van der Waals surface area contributed by atoms with Crippen LogP contribution in [0.2, 0.25) is 0 Å². The summed E-state index contributed by atoms with van der Waals surface area (Å²) < 4.78 is 24.9. The summed E-state index contributed by atoms with van der Waals surface area (Å²) in [6, 6.07) is 6.51. The van der Waals surface area contributed by atoms with E-state index in [0.717, 1.165) is 5.69 Å². The summed E-state index contributed by atoms with van der Waals surface area (Å²) >= 11 is 0. The molecule has 108 valence electrons. The molecule has 0 saturated heterocycles. The second kappa shape index (κ2) is 6.36. The normalized spacial score (nSPS) is 13.8. The molecule has 1 rings (SSSR count). The van der Waals surface area contributed by atoms with Gasteiger partial charge in [-0.2, -0.15) is 0 Å². The van der Waals surface area contributed by atoms with Crippen molar-refractivity contribution < 1.29 is 13.5 Å². The zero-order valence-electron chi connectivity index (χ0n) is 11.8. The average Bonchev–Trinajstić information content (AvgIpc) is 2.36. The van der Waals surface area contributed by atoms with Crippen LogP contribution in [-0.4, -0.2) is 44.6 Å². The van der Waals surface area contributed by atoms with E-state index in [1.165, 1.54) is 18.4 Å². The maximum absolute atomic E-state index is 11.9. The minimum absolute atomic E-state index is 0.181. The minimum Gasteiger partial charge on any atom is -0.391 e. The molecule has 0 aromatic heterocycles. The number of hydrogen-bond acceptors (Lipinski definition) is 4. The Morgan fingerprint density at radius 3 is 2.16 bits per heavy atom. The quantitative estimate of drug-likeness (QED) is 0.828. The fourth-order valence-corrected chi connectivity index (χ4v) is 2.32. The summed E-state index contributed by atoms with van der Waals surface area (Å²) in [6.07, 6.45) is -0.426. The second-order valence-corrected chi connectivity index (χ2v) is 7.16. The van der Waals surface area contributed by atoms with Crippen molar-refractivity contribution in [1.82, 2.24) is 4.31 Å². The van der Waals surface area contributed by atoms with Gasteiger partial charge in [0.05, 0.1) is 11.0 Å². The van der Waals surface area contributed by atoms with Gasteiger partial charge in [0, 0.05) is 26.3 Å². The van der Waals surface area contributed by atoms with Gasteiger partial charge in [-0.25, -0.2) is 12.7 Å². The van der Waals surface area contributed by atoms with Crippen molar-refractivity contribution in [3.8, 4) is 0 Å². The Morgan fingerprint density at radius 2 is 1.74 bits per heavy atom. The van der Waals surface area contributed by atoms with Crippen LogP contribution in [0.3, 0.4) is 0 Å². The number of aliphatic hydroxyl groups is 1. The molecule has 19 heavy (non-hydrogen) atoms. The molecule has 0 aliphatic heterocycles. The highest BCUT2D eigenvalue weighted by Gasteiger charge is 2.16. The van der Waals surface area contributed by atoms with Gasteiger partial charge in [0.15, 0.2) is 0 Å². The maximum Gasteiger partial charge on any atom is 0.242 e.